The van der Waals surface area contributed by atoms with E-state index in [1.807, 2.05) is 0 Å². The molecule has 0 radical (unpaired) electrons. The number of unbranched alkanes of at least 4 members (excludes halogenated alkanes) is 2. The molecule has 1 amide bonds. The number of carbonyl (C=O) groups excluding carboxylic acids is 1. The van der Waals surface area contributed by atoms with Gasteiger partial charge in [0.1, 0.15) is 6.61 Å². The lowest BCUT2D eigenvalue weighted by Crippen LogP contribution is -2.31. The van der Waals surface area contributed by atoms with Gasteiger partial charge in [-0.1, -0.05) is 61.0 Å². The summed E-state index contributed by atoms with van der Waals surface area (Å²) in [4.78, 5) is 13.4. The maximum Gasteiger partial charge on any atom is 0.409 e. The number of halogens is 3. The van der Waals surface area contributed by atoms with Crippen LogP contribution in [-0.4, -0.2) is 34.5 Å². The van der Waals surface area contributed by atoms with E-state index in [1.165, 1.54) is 25.7 Å². The highest BCUT2D eigenvalue weighted by Crippen LogP contribution is 2.27. The number of hydrogen-bond acceptors (Lipinski definition) is 2. The maximum atomic E-state index is 11.7. The Labute approximate surface area is 124 Å². The van der Waals surface area contributed by atoms with E-state index in [1.54, 1.807) is 4.90 Å². The first kappa shape index (κ1) is 16.2. The van der Waals surface area contributed by atoms with E-state index in [4.69, 9.17) is 39.5 Å². The smallest absolute Gasteiger partial charge is 0.409 e. The van der Waals surface area contributed by atoms with E-state index in [2.05, 4.69) is 6.92 Å². The predicted molar refractivity (Wildman–Crippen MR) is 75.5 cm³/mol. The average molecular weight is 317 g/mol. The minimum atomic E-state index is -1.53. The lowest BCUT2D eigenvalue weighted by Gasteiger charge is -2.18. The average Bonchev–Trinajstić information content (AvgIpc) is 2.74. The van der Waals surface area contributed by atoms with Crippen LogP contribution in [0.3, 0.4) is 0 Å². The van der Waals surface area contributed by atoms with Crippen molar-refractivity contribution in [2.75, 3.05) is 19.7 Å². The molecular formula is C12H20Cl3NO2. The van der Waals surface area contributed by atoms with Gasteiger partial charge >= 0.3 is 6.09 Å². The second-order valence-corrected chi connectivity index (χ2v) is 7.28. The molecule has 0 spiro atoms. The van der Waals surface area contributed by atoms with Crippen LogP contribution in [0.2, 0.25) is 0 Å². The molecule has 6 heteroatoms. The molecule has 0 aromatic rings. The monoisotopic (exact) mass is 315 g/mol. The highest BCUT2D eigenvalue weighted by molar-refractivity contribution is 6.67. The molecule has 1 fully saturated rings. The standard InChI is InChI=1S/C12H20Cl3NO2/c1-2-3-4-5-10-6-7-16(8-10)11(17)18-9-12(13,14)15/h10H,2-9H2,1H3/t10-/m1/s1. The first-order valence-electron chi connectivity index (χ1n) is 6.41. The summed E-state index contributed by atoms with van der Waals surface area (Å²) in [6.45, 7) is 3.50. The summed E-state index contributed by atoms with van der Waals surface area (Å²) in [5.41, 5.74) is 0. The molecule has 1 aliphatic heterocycles. The van der Waals surface area contributed by atoms with Gasteiger partial charge in [0.2, 0.25) is 3.79 Å². The molecule has 18 heavy (non-hydrogen) atoms. The Kier molecular flexibility index (Phi) is 6.89. The zero-order chi connectivity index (χ0) is 13.6. The molecular weight excluding hydrogens is 296 g/mol. The molecule has 0 unspecified atom stereocenters. The van der Waals surface area contributed by atoms with Crippen LogP contribution in [0, 0.1) is 5.92 Å². The summed E-state index contributed by atoms with van der Waals surface area (Å²) >= 11 is 16.6. The summed E-state index contributed by atoms with van der Waals surface area (Å²) < 4.78 is 3.42. The van der Waals surface area contributed by atoms with E-state index in [0.717, 1.165) is 19.5 Å². The number of alkyl halides is 3. The van der Waals surface area contributed by atoms with Crippen molar-refractivity contribution >= 4 is 40.9 Å². The van der Waals surface area contributed by atoms with E-state index in [0.29, 0.717) is 5.92 Å². The van der Waals surface area contributed by atoms with E-state index in [9.17, 15) is 4.79 Å². The van der Waals surface area contributed by atoms with Gasteiger partial charge in [-0.2, -0.15) is 0 Å². The third-order valence-electron chi connectivity index (χ3n) is 3.12. The van der Waals surface area contributed by atoms with Crippen molar-refractivity contribution in [2.45, 2.75) is 42.8 Å². The summed E-state index contributed by atoms with van der Waals surface area (Å²) in [6, 6.07) is 0. The zero-order valence-corrected chi connectivity index (χ0v) is 12.9. The Morgan fingerprint density at radius 1 is 1.39 bits per heavy atom. The first-order chi connectivity index (χ1) is 8.42. The van der Waals surface area contributed by atoms with Crippen molar-refractivity contribution in [3.8, 4) is 0 Å². The van der Waals surface area contributed by atoms with Crippen LogP contribution in [0.15, 0.2) is 0 Å². The van der Waals surface area contributed by atoms with Crippen molar-refractivity contribution in [1.29, 1.82) is 0 Å². The van der Waals surface area contributed by atoms with Crippen molar-refractivity contribution in [2.24, 2.45) is 5.92 Å². The molecule has 1 atom stereocenters. The highest BCUT2D eigenvalue weighted by Gasteiger charge is 2.29. The topological polar surface area (TPSA) is 29.5 Å². The van der Waals surface area contributed by atoms with Crippen molar-refractivity contribution in [1.82, 2.24) is 4.90 Å². The van der Waals surface area contributed by atoms with Gasteiger partial charge in [0, 0.05) is 13.1 Å². The van der Waals surface area contributed by atoms with E-state index >= 15 is 0 Å². The lowest BCUT2D eigenvalue weighted by atomic mass is 10.0. The molecule has 1 aliphatic rings. The zero-order valence-electron chi connectivity index (χ0n) is 10.6. The molecule has 1 rings (SSSR count). The molecule has 3 nitrogen and oxygen atoms in total. The summed E-state index contributed by atoms with van der Waals surface area (Å²) in [6.07, 6.45) is 5.57. The summed E-state index contributed by atoms with van der Waals surface area (Å²) in [7, 11) is 0. The molecule has 106 valence electrons. The van der Waals surface area contributed by atoms with Gasteiger partial charge in [-0.3, -0.25) is 0 Å². The third kappa shape index (κ3) is 6.35. The Hall–Kier alpha value is 0.140. The van der Waals surface area contributed by atoms with Crippen LogP contribution >= 0.6 is 34.8 Å². The van der Waals surface area contributed by atoms with Gasteiger partial charge in [0.25, 0.3) is 0 Å². The van der Waals surface area contributed by atoms with Gasteiger partial charge < -0.3 is 9.64 Å². The molecule has 0 bridgehead atoms. The number of rotatable bonds is 5. The van der Waals surface area contributed by atoms with Crippen LogP contribution in [-0.2, 0) is 4.74 Å². The SMILES string of the molecule is CCCCC[C@@H]1CCN(C(=O)OCC(Cl)(Cl)Cl)C1. The number of carbonyl (C=O) groups is 1. The number of nitrogens with zero attached hydrogens (tertiary/aromatic N) is 1. The molecule has 0 aromatic carbocycles. The Balaban J connectivity index is 2.22. The van der Waals surface area contributed by atoms with Crippen LogP contribution in [0.4, 0.5) is 4.79 Å². The fraction of sp³-hybridized carbons (Fsp3) is 0.917. The van der Waals surface area contributed by atoms with Gasteiger partial charge in [-0.25, -0.2) is 4.79 Å². The van der Waals surface area contributed by atoms with E-state index in [-0.39, 0.29) is 12.7 Å². The number of hydrogen-bond donors (Lipinski definition) is 0. The fourth-order valence-corrected chi connectivity index (χ4v) is 2.32. The van der Waals surface area contributed by atoms with Crippen LogP contribution in [0.1, 0.15) is 39.0 Å². The van der Waals surface area contributed by atoms with Gasteiger partial charge in [0.05, 0.1) is 0 Å². The van der Waals surface area contributed by atoms with Crippen molar-refractivity contribution < 1.29 is 9.53 Å². The normalized spacial score (nSPS) is 20.2. The fourth-order valence-electron chi connectivity index (χ4n) is 2.15. The third-order valence-corrected chi connectivity index (χ3v) is 3.45. The van der Waals surface area contributed by atoms with Gasteiger partial charge in [-0.05, 0) is 18.8 Å². The summed E-state index contributed by atoms with van der Waals surface area (Å²) in [5.74, 6) is 0.594. The Morgan fingerprint density at radius 3 is 2.72 bits per heavy atom. The number of amides is 1. The molecule has 0 aromatic heterocycles. The van der Waals surface area contributed by atoms with Gasteiger partial charge in [0.15, 0.2) is 0 Å². The summed E-state index contributed by atoms with van der Waals surface area (Å²) in [5, 5.41) is 0. The largest absolute Gasteiger partial charge is 0.445 e. The number of likely N-dealkylation sites (tertiary alicyclic amines) is 1. The van der Waals surface area contributed by atoms with Crippen molar-refractivity contribution in [3.05, 3.63) is 0 Å². The maximum absolute atomic E-state index is 11.7. The quantitative estimate of drug-likeness (QED) is 0.556. The van der Waals surface area contributed by atoms with Crippen LogP contribution in [0.25, 0.3) is 0 Å². The minimum Gasteiger partial charge on any atom is -0.445 e. The molecule has 0 N–H and O–H groups in total. The van der Waals surface area contributed by atoms with Crippen LogP contribution < -0.4 is 0 Å². The second-order valence-electron chi connectivity index (χ2n) is 4.77. The predicted octanol–water partition coefficient (Wildman–Crippen LogP) is 4.40. The highest BCUT2D eigenvalue weighted by atomic mass is 35.6. The molecule has 1 heterocycles. The Morgan fingerprint density at radius 2 is 2.11 bits per heavy atom. The van der Waals surface area contributed by atoms with Crippen LogP contribution in [0.5, 0.6) is 0 Å². The molecule has 0 aliphatic carbocycles. The lowest BCUT2D eigenvalue weighted by molar-refractivity contribution is 0.111. The van der Waals surface area contributed by atoms with Gasteiger partial charge in [-0.15, -0.1) is 0 Å². The first-order valence-corrected chi connectivity index (χ1v) is 7.54. The minimum absolute atomic E-state index is 0.201. The van der Waals surface area contributed by atoms with E-state index < -0.39 is 3.79 Å². The molecule has 0 saturated carbocycles. The van der Waals surface area contributed by atoms with Crippen molar-refractivity contribution in [3.63, 3.8) is 0 Å². The second kappa shape index (κ2) is 7.66. The number of ether oxygens (including phenoxy) is 1. The molecule has 1 saturated heterocycles. The Bertz CT molecular complexity index is 269.